The number of piperidine rings is 1. The van der Waals surface area contributed by atoms with Gasteiger partial charge in [0.05, 0.1) is 11.8 Å². The molecule has 0 aliphatic carbocycles. The first-order valence-electron chi connectivity index (χ1n) is 5.51. The highest BCUT2D eigenvalue weighted by Crippen LogP contribution is 2.22. The highest BCUT2D eigenvalue weighted by atomic mass is 16.4. The SMILES string of the molecule is C[C@H]1CCCCN1c1cc(C(=O)O)cnn1. The first-order valence-corrected chi connectivity index (χ1v) is 5.51. The van der Waals surface area contributed by atoms with Crippen LogP contribution in [-0.2, 0) is 0 Å². The van der Waals surface area contributed by atoms with E-state index in [1.54, 1.807) is 6.07 Å². The Morgan fingerprint density at radius 3 is 3.06 bits per heavy atom. The summed E-state index contributed by atoms with van der Waals surface area (Å²) in [4.78, 5) is 13.0. The van der Waals surface area contributed by atoms with Crippen molar-refractivity contribution in [1.82, 2.24) is 10.2 Å². The number of anilines is 1. The molecule has 1 atom stereocenters. The van der Waals surface area contributed by atoms with Crippen LogP contribution in [0.25, 0.3) is 0 Å². The summed E-state index contributed by atoms with van der Waals surface area (Å²) >= 11 is 0. The molecule has 0 amide bonds. The van der Waals surface area contributed by atoms with Gasteiger partial charge in [-0.05, 0) is 32.3 Å². The predicted molar refractivity (Wildman–Crippen MR) is 59.7 cm³/mol. The molecule has 16 heavy (non-hydrogen) atoms. The molecule has 1 aromatic rings. The highest BCUT2D eigenvalue weighted by Gasteiger charge is 2.20. The van der Waals surface area contributed by atoms with Crippen LogP contribution < -0.4 is 4.90 Å². The van der Waals surface area contributed by atoms with Crippen LogP contribution in [0.5, 0.6) is 0 Å². The number of carboxylic acids is 1. The Hall–Kier alpha value is -1.65. The molecule has 1 fully saturated rings. The van der Waals surface area contributed by atoms with Crippen molar-refractivity contribution in [3.63, 3.8) is 0 Å². The van der Waals surface area contributed by atoms with Gasteiger partial charge in [0, 0.05) is 12.6 Å². The van der Waals surface area contributed by atoms with Crippen LogP contribution in [0.4, 0.5) is 5.82 Å². The Balaban J connectivity index is 2.25. The normalized spacial score (nSPS) is 20.8. The second-order valence-electron chi connectivity index (χ2n) is 4.15. The van der Waals surface area contributed by atoms with E-state index >= 15 is 0 Å². The predicted octanol–water partition coefficient (Wildman–Crippen LogP) is 1.55. The Kier molecular flexibility index (Phi) is 3.03. The average Bonchev–Trinajstić information content (AvgIpc) is 2.30. The molecule has 0 unspecified atom stereocenters. The summed E-state index contributed by atoms with van der Waals surface area (Å²) < 4.78 is 0. The molecule has 0 radical (unpaired) electrons. The third-order valence-electron chi connectivity index (χ3n) is 2.99. The molecule has 2 heterocycles. The summed E-state index contributed by atoms with van der Waals surface area (Å²) in [6, 6.07) is 2.00. The van der Waals surface area contributed by atoms with E-state index in [9.17, 15) is 4.79 Å². The lowest BCUT2D eigenvalue weighted by Gasteiger charge is -2.34. The van der Waals surface area contributed by atoms with Crippen molar-refractivity contribution in [2.24, 2.45) is 0 Å². The minimum absolute atomic E-state index is 0.197. The fraction of sp³-hybridized carbons (Fsp3) is 0.545. The fourth-order valence-electron chi connectivity index (χ4n) is 2.05. The largest absolute Gasteiger partial charge is 0.478 e. The lowest BCUT2D eigenvalue weighted by molar-refractivity contribution is 0.0696. The van der Waals surface area contributed by atoms with Crippen molar-refractivity contribution in [3.05, 3.63) is 17.8 Å². The van der Waals surface area contributed by atoms with Gasteiger partial charge >= 0.3 is 5.97 Å². The zero-order valence-electron chi connectivity index (χ0n) is 9.26. The highest BCUT2D eigenvalue weighted by molar-refractivity contribution is 5.87. The van der Waals surface area contributed by atoms with Gasteiger partial charge in [-0.2, -0.15) is 5.10 Å². The summed E-state index contributed by atoms with van der Waals surface area (Å²) in [5, 5.41) is 16.6. The molecule has 0 aromatic carbocycles. The molecule has 5 heteroatoms. The van der Waals surface area contributed by atoms with E-state index in [0.717, 1.165) is 19.4 Å². The second kappa shape index (κ2) is 4.47. The van der Waals surface area contributed by atoms with E-state index < -0.39 is 5.97 Å². The third-order valence-corrected chi connectivity index (χ3v) is 2.99. The molecular formula is C11H15N3O2. The van der Waals surface area contributed by atoms with Crippen LogP contribution in [0, 0.1) is 0 Å². The summed E-state index contributed by atoms with van der Waals surface area (Å²) in [6.45, 7) is 3.06. The lowest BCUT2D eigenvalue weighted by Crippen LogP contribution is -2.38. The molecule has 86 valence electrons. The van der Waals surface area contributed by atoms with Gasteiger partial charge in [-0.25, -0.2) is 4.79 Å². The monoisotopic (exact) mass is 221 g/mol. The number of carboxylic acid groups (broad SMARTS) is 1. The Bertz CT molecular complexity index is 395. The van der Waals surface area contributed by atoms with Crippen molar-refractivity contribution < 1.29 is 9.90 Å². The van der Waals surface area contributed by atoms with E-state index in [1.807, 2.05) is 0 Å². The zero-order valence-corrected chi connectivity index (χ0v) is 9.26. The van der Waals surface area contributed by atoms with Crippen molar-refractivity contribution in [2.75, 3.05) is 11.4 Å². The number of nitrogens with zero attached hydrogens (tertiary/aromatic N) is 3. The molecule has 1 N–H and O–H groups in total. The second-order valence-corrected chi connectivity index (χ2v) is 4.15. The van der Waals surface area contributed by atoms with E-state index in [2.05, 4.69) is 22.0 Å². The van der Waals surface area contributed by atoms with Gasteiger partial charge in [0.2, 0.25) is 0 Å². The molecule has 5 nitrogen and oxygen atoms in total. The molecule has 1 aliphatic heterocycles. The molecule has 0 spiro atoms. The number of carbonyl (C=O) groups is 1. The lowest BCUT2D eigenvalue weighted by atomic mass is 10.0. The van der Waals surface area contributed by atoms with Crippen LogP contribution in [0.2, 0.25) is 0 Å². The van der Waals surface area contributed by atoms with Crippen molar-refractivity contribution in [1.29, 1.82) is 0 Å². The average molecular weight is 221 g/mol. The van der Waals surface area contributed by atoms with Crippen LogP contribution in [0.1, 0.15) is 36.5 Å². The summed E-state index contributed by atoms with van der Waals surface area (Å²) in [5.74, 6) is -0.284. The number of hydrogen-bond donors (Lipinski definition) is 1. The topological polar surface area (TPSA) is 66.3 Å². The first-order chi connectivity index (χ1) is 7.68. The van der Waals surface area contributed by atoms with Crippen LogP contribution in [0.3, 0.4) is 0 Å². The molecule has 0 saturated carbocycles. The standard InChI is InChI=1S/C11H15N3O2/c1-8-4-2-3-5-14(8)10-6-9(11(15)16)7-12-13-10/h6-8H,2-5H2,1H3,(H,15,16)/t8-/m0/s1. The zero-order chi connectivity index (χ0) is 11.5. The van der Waals surface area contributed by atoms with E-state index in [-0.39, 0.29) is 5.56 Å². The minimum Gasteiger partial charge on any atom is -0.478 e. The molecule has 2 rings (SSSR count). The smallest absolute Gasteiger partial charge is 0.337 e. The number of rotatable bonds is 2. The van der Waals surface area contributed by atoms with Gasteiger partial charge in [0.15, 0.2) is 5.82 Å². The maximum absolute atomic E-state index is 10.8. The van der Waals surface area contributed by atoms with E-state index in [0.29, 0.717) is 11.9 Å². The Morgan fingerprint density at radius 1 is 1.56 bits per heavy atom. The minimum atomic E-state index is -0.958. The molecule has 1 aliphatic rings. The quantitative estimate of drug-likeness (QED) is 0.820. The Morgan fingerprint density at radius 2 is 2.38 bits per heavy atom. The number of aromatic nitrogens is 2. The maximum Gasteiger partial charge on any atom is 0.337 e. The van der Waals surface area contributed by atoms with Crippen LogP contribution in [-0.4, -0.2) is 33.9 Å². The fourth-order valence-corrected chi connectivity index (χ4v) is 2.05. The van der Waals surface area contributed by atoms with Gasteiger partial charge < -0.3 is 10.0 Å². The van der Waals surface area contributed by atoms with Gasteiger partial charge in [0.1, 0.15) is 0 Å². The van der Waals surface area contributed by atoms with Gasteiger partial charge in [0.25, 0.3) is 0 Å². The Labute approximate surface area is 94.1 Å². The van der Waals surface area contributed by atoms with Crippen LogP contribution >= 0.6 is 0 Å². The molecule has 0 bridgehead atoms. The van der Waals surface area contributed by atoms with Gasteiger partial charge in [-0.15, -0.1) is 5.10 Å². The number of aromatic carboxylic acids is 1. The van der Waals surface area contributed by atoms with Crippen molar-refractivity contribution in [3.8, 4) is 0 Å². The summed E-state index contributed by atoms with van der Waals surface area (Å²) in [6.07, 6.45) is 4.76. The van der Waals surface area contributed by atoms with Gasteiger partial charge in [-0.1, -0.05) is 0 Å². The summed E-state index contributed by atoms with van der Waals surface area (Å²) in [5.41, 5.74) is 0.197. The van der Waals surface area contributed by atoms with Crippen LogP contribution in [0.15, 0.2) is 12.3 Å². The molecule has 1 aromatic heterocycles. The van der Waals surface area contributed by atoms with E-state index in [1.165, 1.54) is 12.6 Å². The third kappa shape index (κ3) is 2.13. The molecule has 1 saturated heterocycles. The van der Waals surface area contributed by atoms with Crippen molar-refractivity contribution in [2.45, 2.75) is 32.2 Å². The van der Waals surface area contributed by atoms with E-state index in [4.69, 9.17) is 5.11 Å². The van der Waals surface area contributed by atoms with Gasteiger partial charge in [-0.3, -0.25) is 0 Å². The number of hydrogen-bond acceptors (Lipinski definition) is 4. The molecular weight excluding hydrogens is 206 g/mol. The summed E-state index contributed by atoms with van der Waals surface area (Å²) in [7, 11) is 0. The maximum atomic E-state index is 10.8. The van der Waals surface area contributed by atoms with Crippen molar-refractivity contribution >= 4 is 11.8 Å². The first kappa shape index (κ1) is 10.9.